The van der Waals surface area contributed by atoms with Crippen molar-refractivity contribution in [1.82, 2.24) is 0 Å². The second kappa shape index (κ2) is 8.18. The summed E-state index contributed by atoms with van der Waals surface area (Å²) in [5.41, 5.74) is 1.49. The topological polar surface area (TPSA) is 0 Å². The third kappa shape index (κ3) is 3.24. The minimum atomic E-state index is 0.0202. The molecule has 0 aromatic heterocycles. The van der Waals surface area contributed by atoms with Gasteiger partial charge in [-0.3, -0.25) is 0 Å². The Labute approximate surface area is 211 Å². The number of fused-ring (bicyclic) bond motifs is 2. The summed E-state index contributed by atoms with van der Waals surface area (Å²) in [6.07, 6.45) is 0. The molecule has 0 aliphatic heterocycles. The Hall–Kier alpha value is -1.76. The zero-order valence-electron chi connectivity index (χ0n) is 17.6. The van der Waals surface area contributed by atoms with E-state index in [1.54, 1.807) is 6.07 Å². The smallest absolute Gasteiger partial charge is 0.112 e. The van der Waals surface area contributed by atoms with Gasteiger partial charge in [0.1, 0.15) is 102 Å². The SMILES string of the molecule is [B]c1c([B])c([B])c(-c2c3c([B])c([B])c([B])c([B])c3cc3c([B])c([B])c([B])c([B])c23)c([B])c1[B]. The van der Waals surface area contributed by atoms with E-state index in [0.717, 1.165) is 0 Å². The van der Waals surface area contributed by atoms with Gasteiger partial charge in [0.15, 0.2) is 0 Å². The average Bonchev–Trinajstić information content (AvgIpc) is 2.80. The second-order valence-corrected chi connectivity index (χ2v) is 7.85. The molecule has 0 bridgehead atoms. The van der Waals surface area contributed by atoms with Crippen LogP contribution in [0.4, 0.5) is 0 Å². The molecule has 0 heterocycles. The molecule has 4 aromatic carbocycles. The lowest BCUT2D eigenvalue weighted by Crippen LogP contribution is -2.55. The predicted octanol–water partition coefficient (Wildman–Crippen LogP) is -10.0. The molecule has 0 fully saturated rings. The molecular weight excluding hydrogens is 381 g/mol. The predicted molar refractivity (Wildman–Crippen MR) is 157 cm³/mol. The van der Waals surface area contributed by atoms with Gasteiger partial charge < -0.3 is 0 Å². The summed E-state index contributed by atoms with van der Waals surface area (Å²) in [4.78, 5) is 0. The molecule has 0 aliphatic rings. The molecule has 0 atom stereocenters. The molecular formula is C20HB13. The molecule has 0 saturated heterocycles. The first kappa shape index (κ1) is 24.4. The zero-order chi connectivity index (χ0) is 24.7. The van der Waals surface area contributed by atoms with Gasteiger partial charge in [-0.05, 0) is 38.7 Å². The van der Waals surface area contributed by atoms with Crippen molar-refractivity contribution in [1.29, 1.82) is 0 Å². The zero-order valence-corrected chi connectivity index (χ0v) is 17.6. The lowest BCUT2D eigenvalue weighted by atomic mass is 9.57. The Morgan fingerprint density at radius 3 is 0.909 bits per heavy atom. The van der Waals surface area contributed by atoms with E-state index in [-0.39, 0.29) is 76.6 Å². The van der Waals surface area contributed by atoms with Crippen LogP contribution < -0.4 is 71.0 Å². The molecule has 120 valence electrons. The highest BCUT2D eigenvalue weighted by atomic mass is 14.2. The van der Waals surface area contributed by atoms with Crippen LogP contribution in [0.5, 0.6) is 0 Å². The monoisotopic (exact) mass is 384 g/mol. The average molecular weight is 382 g/mol. The summed E-state index contributed by atoms with van der Waals surface area (Å²) in [7, 11) is 81.0. The van der Waals surface area contributed by atoms with E-state index in [1.165, 1.54) is 0 Å². The Bertz CT molecular complexity index is 1430. The summed E-state index contributed by atoms with van der Waals surface area (Å²) in [5, 5.41) is 1.52. The van der Waals surface area contributed by atoms with E-state index >= 15 is 0 Å². The van der Waals surface area contributed by atoms with Crippen molar-refractivity contribution in [2.75, 3.05) is 0 Å². The van der Waals surface area contributed by atoms with Gasteiger partial charge in [0.05, 0.1) is 0 Å². The molecule has 4 aromatic rings. The Morgan fingerprint density at radius 2 is 0.545 bits per heavy atom. The molecule has 0 nitrogen and oxygen atoms in total. The van der Waals surface area contributed by atoms with Gasteiger partial charge >= 0.3 is 0 Å². The van der Waals surface area contributed by atoms with Gasteiger partial charge in [0.25, 0.3) is 0 Å². The summed E-state index contributed by atoms with van der Waals surface area (Å²) in [6, 6.07) is 1.65. The van der Waals surface area contributed by atoms with Gasteiger partial charge in [-0.15, -0.1) is 38.2 Å². The number of rotatable bonds is 1. The highest BCUT2D eigenvalue weighted by Gasteiger charge is 2.22. The highest BCUT2D eigenvalue weighted by Crippen LogP contribution is 2.30. The Morgan fingerprint density at radius 1 is 0.273 bits per heavy atom. The highest BCUT2D eigenvalue weighted by molar-refractivity contribution is 6.72. The molecule has 0 amide bonds. The van der Waals surface area contributed by atoms with Crippen LogP contribution in [0, 0.1) is 0 Å². The molecule has 0 spiro atoms. The molecule has 0 N–H and O–H groups in total. The van der Waals surface area contributed by atoms with E-state index in [2.05, 4.69) is 0 Å². The molecule has 4 rings (SSSR count). The lowest BCUT2D eigenvalue weighted by molar-refractivity contribution is 1.89. The fourth-order valence-electron chi connectivity index (χ4n) is 4.18. The van der Waals surface area contributed by atoms with Crippen molar-refractivity contribution in [3.63, 3.8) is 0 Å². The van der Waals surface area contributed by atoms with Crippen molar-refractivity contribution in [3.05, 3.63) is 6.07 Å². The largest absolute Gasteiger partial charge is 0.113 e. The maximum Gasteiger partial charge on any atom is 0.113 e. The molecule has 0 saturated carbocycles. The van der Waals surface area contributed by atoms with Crippen LogP contribution in [0.2, 0.25) is 0 Å². The van der Waals surface area contributed by atoms with Crippen molar-refractivity contribution in [3.8, 4) is 11.1 Å². The first-order valence-corrected chi connectivity index (χ1v) is 9.58. The van der Waals surface area contributed by atoms with Crippen LogP contribution >= 0.6 is 0 Å². The summed E-state index contributed by atoms with van der Waals surface area (Å²) in [6.45, 7) is 0. The van der Waals surface area contributed by atoms with Gasteiger partial charge in [0, 0.05) is 0 Å². The minimum absolute atomic E-state index is 0.0202. The molecule has 0 unspecified atom stereocenters. The molecule has 26 radical (unpaired) electrons. The molecule has 33 heavy (non-hydrogen) atoms. The van der Waals surface area contributed by atoms with Gasteiger partial charge in [-0.2, -0.15) is 0 Å². The lowest BCUT2D eigenvalue weighted by Gasteiger charge is -2.28. The third-order valence-electron chi connectivity index (χ3n) is 6.14. The van der Waals surface area contributed by atoms with Gasteiger partial charge in [0.2, 0.25) is 0 Å². The summed E-state index contributed by atoms with van der Waals surface area (Å²) in [5.74, 6) is 0. The second-order valence-electron chi connectivity index (χ2n) is 7.85. The van der Waals surface area contributed by atoms with Gasteiger partial charge in [-0.1, -0.05) is 32.8 Å². The van der Waals surface area contributed by atoms with Crippen molar-refractivity contribution in [2.45, 2.75) is 0 Å². The fourth-order valence-corrected chi connectivity index (χ4v) is 4.18. The van der Waals surface area contributed by atoms with Gasteiger partial charge in [-0.25, -0.2) is 0 Å². The molecule has 0 aliphatic carbocycles. The van der Waals surface area contributed by atoms with E-state index < -0.39 is 0 Å². The van der Waals surface area contributed by atoms with Crippen LogP contribution in [-0.2, 0) is 0 Å². The minimum Gasteiger partial charge on any atom is -0.112 e. The normalized spacial score (nSPS) is 11.4. The summed E-state index contributed by atoms with van der Waals surface area (Å²) < 4.78 is 0. The number of benzene rings is 4. The Kier molecular flexibility index (Phi) is 6.04. The number of hydrogen-bond donors (Lipinski definition) is 0. The van der Waals surface area contributed by atoms with E-state index in [0.29, 0.717) is 27.1 Å². The fraction of sp³-hybridized carbons (Fsp3) is 0. The summed E-state index contributed by atoms with van der Waals surface area (Å²) >= 11 is 0. The van der Waals surface area contributed by atoms with E-state index in [1.807, 2.05) is 0 Å². The van der Waals surface area contributed by atoms with E-state index in [9.17, 15) is 0 Å². The van der Waals surface area contributed by atoms with Crippen molar-refractivity contribution in [2.24, 2.45) is 0 Å². The first-order chi connectivity index (χ1) is 15.3. The van der Waals surface area contributed by atoms with Crippen molar-refractivity contribution < 1.29 is 0 Å². The quantitative estimate of drug-likeness (QED) is 0.227. The van der Waals surface area contributed by atoms with Crippen molar-refractivity contribution >= 4 is 195 Å². The first-order valence-electron chi connectivity index (χ1n) is 9.58. The standard InChI is InChI=1S/C20HB13/c21-8-2-1-3-5(11(24)17(30)15(28)9(3)22)6(4(2)10(23)16(29)14(8)27)7-12(25)18(31)20(33)19(32)13(7)26/h1H. The van der Waals surface area contributed by atoms with Crippen LogP contribution in [0.3, 0.4) is 0 Å². The number of hydrogen-bond acceptors (Lipinski definition) is 0. The Balaban J connectivity index is 2.50. The van der Waals surface area contributed by atoms with Crippen LogP contribution in [-0.4, -0.2) is 102 Å². The van der Waals surface area contributed by atoms with Crippen LogP contribution in [0.25, 0.3) is 32.7 Å². The molecule has 13 heteroatoms. The maximum absolute atomic E-state index is 6.42. The maximum atomic E-state index is 6.42. The van der Waals surface area contributed by atoms with E-state index in [4.69, 9.17) is 102 Å². The van der Waals surface area contributed by atoms with Crippen LogP contribution in [0.1, 0.15) is 0 Å². The van der Waals surface area contributed by atoms with Crippen LogP contribution in [0.15, 0.2) is 6.07 Å². The third-order valence-corrected chi connectivity index (χ3v) is 6.14.